The zero-order valence-corrected chi connectivity index (χ0v) is 11.7. The molecule has 0 aliphatic heterocycles. The third-order valence-electron chi connectivity index (χ3n) is 4.37. The van der Waals surface area contributed by atoms with E-state index in [1.165, 1.54) is 0 Å². The number of rotatable bonds is 2. The second kappa shape index (κ2) is 3.98. The van der Waals surface area contributed by atoms with Gasteiger partial charge in [0.15, 0.2) is 5.78 Å². The Balaban J connectivity index is 2.58. The fourth-order valence-electron chi connectivity index (χ4n) is 2.54. The van der Waals surface area contributed by atoms with Gasteiger partial charge in [-0.2, -0.15) is 0 Å². The van der Waals surface area contributed by atoms with Crippen molar-refractivity contribution < 1.29 is 9.53 Å². The number of aryl methyl sites for hydroxylation is 1. The molecule has 2 heteroatoms. The van der Waals surface area contributed by atoms with E-state index in [0.29, 0.717) is 0 Å². The van der Waals surface area contributed by atoms with E-state index in [0.717, 1.165) is 16.9 Å². The standard InChI is InChI=1S/C16H20O2/c1-11-8-12(10-13(9-11)18-5)16(4)7-6-14(17)15(16,2)3/h6-10H,1-5H3/t16-/m0/s1. The van der Waals surface area contributed by atoms with Crippen LogP contribution in [0.15, 0.2) is 30.4 Å². The van der Waals surface area contributed by atoms with E-state index in [9.17, 15) is 4.79 Å². The maximum absolute atomic E-state index is 12.0. The van der Waals surface area contributed by atoms with Crippen LogP contribution in [0.3, 0.4) is 0 Å². The number of allylic oxidation sites excluding steroid dienone is 2. The van der Waals surface area contributed by atoms with Gasteiger partial charge < -0.3 is 4.74 Å². The maximum Gasteiger partial charge on any atom is 0.162 e. The minimum Gasteiger partial charge on any atom is -0.497 e. The Morgan fingerprint density at radius 2 is 1.78 bits per heavy atom. The molecule has 0 saturated heterocycles. The van der Waals surface area contributed by atoms with Crippen LogP contribution in [-0.2, 0) is 10.2 Å². The first-order valence-electron chi connectivity index (χ1n) is 6.21. The van der Waals surface area contributed by atoms with Gasteiger partial charge in [-0.25, -0.2) is 0 Å². The summed E-state index contributed by atoms with van der Waals surface area (Å²) in [5, 5.41) is 0. The Kier molecular flexibility index (Phi) is 2.84. The molecule has 1 atom stereocenters. The highest BCUT2D eigenvalue weighted by Crippen LogP contribution is 2.48. The number of ether oxygens (including phenoxy) is 1. The van der Waals surface area contributed by atoms with Crippen molar-refractivity contribution in [3.63, 3.8) is 0 Å². The lowest BCUT2D eigenvalue weighted by molar-refractivity contribution is -0.123. The summed E-state index contributed by atoms with van der Waals surface area (Å²) in [6.45, 7) is 8.17. The highest BCUT2D eigenvalue weighted by molar-refractivity contribution is 5.99. The molecule has 1 aliphatic rings. The molecule has 0 saturated carbocycles. The number of hydrogen-bond acceptors (Lipinski definition) is 2. The Morgan fingerprint density at radius 3 is 2.28 bits per heavy atom. The topological polar surface area (TPSA) is 26.3 Å². The predicted octanol–water partition coefficient (Wildman–Crippen LogP) is 3.43. The van der Waals surface area contributed by atoms with Crippen LogP contribution in [0.2, 0.25) is 0 Å². The molecule has 1 aromatic rings. The lowest BCUT2D eigenvalue weighted by atomic mass is 9.64. The van der Waals surface area contributed by atoms with E-state index < -0.39 is 5.41 Å². The van der Waals surface area contributed by atoms with Crippen LogP contribution in [0.5, 0.6) is 5.75 Å². The Morgan fingerprint density at radius 1 is 1.11 bits per heavy atom. The van der Waals surface area contributed by atoms with Crippen LogP contribution in [0.4, 0.5) is 0 Å². The highest BCUT2D eigenvalue weighted by atomic mass is 16.5. The fraction of sp³-hybridized carbons (Fsp3) is 0.438. The number of carbonyl (C=O) groups is 1. The first-order chi connectivity index (χ1) is 8.31. The fourth-order valence-corrected chi connectivity index (χ4v) is 2.54. The Bertz CT molecular complexity index is 526. The third-order valence-corrected chi connectivity index (χ3v) is 4.37. The molecule has 0 spiro atoms. The average molecular weight is 244 g/mol. The van der Waals surface area contributed by atoms with Crippen molar-refractivity contribution in [3.8, 4) is 5.75 Å². The second-order valence-electron chi connectivity index (χ2n) is 5.76. The summed E-state index contributed by atoms with van der Waals surface area (Å²) < 4.78 is 5.33. The second-order valence-corrected chi connectivity index (χ2v) is 5.76. The molecule has 0 amide bonds. The van der Waals surface area contributed by atoms with Crippen molar-refractivity contribution >= 4 is 5.78 Å². The Labute approximate surface area is 109 Å². The number of benzene rings is 1. The van der Waals surface area contributed by atoms with Gasteiger partial charge in [0, 0.05) is 10.8 Å². The first-order valence-corrected chi connectivity index (χ1v) is 6.21. The van der Waals surface area contributed by atoms with Crippen molar-refractivity contribution in [2.45, 2.75) is 33.1 Å². The van der Waals surface area contributed by atoms with Crippen molar-refractivity contribution in [1.82, 2.24) is 0 Å². The van der Waals surface area contributed by atoms with Crippen molar-refractivity contribution in [2.24, 2.45) is 5.41 Å². The molecule has 2 nitrogen and oxygen atoms in total. The lowest BCUT2D eigenvalue weighted by Gasteiger charge is -2.37. The van der Waals surface area contributed by atoms with Gasteiger partial charge in [0.2, 0.25) is 0 Å². The minimum atomic E-state index is -0.411. The lowest BCUT2D eigenvalue weighted by Crippen LogP contribution is -2.38. The first kappa shape index (κ1) is 12.9. The molecular weight excluding hydrogens is 224 g/mol. The van der Waals surface area contributed by atoms with Crippen molar-refractivity contribution in [1.29, 1.82) is 0 Å². The molecule has 0 heterocycles. The number of hydrogen-bond donors (Lipinski definition) is 0. The summed E-state index contributed by atoms with van der Waals surface area (Å²) >= 11 is 0. The van der Waals surface area contributed by atoms with Gasteiger partial charge in [0.1, 0.15) is 5.75 Å². The van der Waals surface area contributed by atoms with Crippen molar-refractivity contribution in [3.05, 3.63) is 41.5 Å². The zero-order valence-electron chi connectivity index (χ0n) is 11.7. The van der Waals surface area contributed by atoms with Crippen LogP contribution >= 0.6 is 0 Å². The van der Waals surface area contributed by atoms with Gasteiger partial charge >= 0.3 is 0 Å². The molecule has 1 aromatic carbocycles. The third kappa shape index (κ3) is 1.67. The molecule has 1 aliphatic carbocycles. The molecule has 0 aromatic heterocycles. The largest absolute Gasteiger partial charge is 0.497 e. The molecular formula is C16H20O2. The Hall–Kier alpha value is -1.57. The predicted molar refractivity (Wildman–Crippen MR) is 73.0 cm³/mol. The highest BCUT2D eigenvalue weighted by Gasteiger charge is 2.48. The van der Waals surface area contributed by atoms with Gasteiger partial charge in [-0.05, 0) is 36.3 Å². The molecule has 0 unspecified atom stereocenters. The van der Waals surface area contributed by atoms with Crippen LogP contribution in [0.1, 0.15) is 31.9 Å². The summed E-state index contributed by atoms with van der Waals surface area (Å²) in [6, 6.07) is 6.16. The summed E-state index contributed by atoms with van der Waals surface area (Å²) in [4.78, 5) is 12.0. The van der Waals surface area contributed by atoms with Crippen LogP contribution in [0, 0.1) is 12.3 Å². The summed E-state index contributed by atoms with van der Waals surface area (Å²) in [5.74, 6) is 1.03. The van der Waals surface area contributed by atoms with Crippen LogP contribution in [0.25, 0.3) is 0 Å². The van der Waals surface area contributed by atoms with E-state index in [2.05, 4.69) is 13.0 Å². The van der Waals surface area contributed by atoms with E-state index in [4.69, 9.17) is 4.74 Å². The molecule has 0 fully saturated rings. The summed E-state index contributed by atoms with van der Waals surface area (Å²) in [5.41, 5.74) is 1.59. The summed E-state index contributed by atoms with van der Waals surface area (Å²) in [6.07, 6.45) is 3.72. The molecule has 96 valence electrons. The minimum absolute atomic E-state index is 0.186. The molecule has 0 bridgehead atoms. The van der Waals surface area contributed by atoms with Gasteiger partial charge in [-0.3, -0.25) is 4.79 Å². The van der Waals surface area contributed by atoms with Crippen LogP contribution < -0.4 is 4.74 Å². The molecule has 0 N–H and O–H groups in total. The van der Waals surface area contributed by atoms with E-state index in [-0.39, 0.29) is 11.2 Å². The number of carbonyl (C=O) groups excluding carboxylic acids is 1. The summed E-state index contributed by atoms with van der Waals surface area (Å²) in [7, 11) is 1.67. The smallest absolute Gasteiger partial charge is 0.162 e. The van der Waals surface area contributed by atoms with Gasteiger partial charge in [0.25, 0.3) is 0 Å². The molecule has 2 rings (SSSR count). The normalized spacial score (nSPS) is 25.5. The van der Waals surface area contributed by atoms with Gasteiger partial charge in [-0.15, -0.1) is 0 Å². The molecule has 18 heavy (non-hydrogen) atoms. The van der Waals surface area contributed by atoms with Crippen molar-refractivity contribution in [2.75, 3.05) is 7.11 Å². The monoisotopic (exact) mass is 244 g/mol. The quantitative estimate of drug-likeness (QED) is 0.796. The number of methoxy groups -OCH3 is 1. The van der Waals surface area contributed by atoms with E-state index in [1.807, 2.05) is 39.0 Å². The zero-order chi connectivity index (χ0) is 13.6. The maximum atomic E-state index is 12.0. The van der Waals surface area contributed by atoms with Gasteiger partial charge in [0.05, 0.1) is 7.11 Å². The van der Waals surface area contributed by atoms with E-state index >= 15 is 0 Å². The molecule has 0 radical (unpaired) electrons. The SMILES string of the molecule is COc1cc(C)cc([C@]2(C)C=CC(=O)C2(C)C)c1. The average Bonchev–Trinajstić information content (AvgIpc) is 2.53. The van der Waals surface area contributed by atoms with E-state index in [1.54, 1.807) is 13.2 Å². The number of ketones is 1. The van der Waals surface area contributed by atoms with Gasteiger partial charge in [-0.1, -0.05) is 32.9 Å². The van der Waals surface area contributed by atoms with Crippen LogP contribution in [-0.4, -0.2) is 12.9 Å².